The number of hydrogen-bond donors (Lipinski definition) is 0. The summed E-state index contributed by atoms with van der Waals surface area (Å²) in [7, 11) is -3.57. The molecule has 1 saturated heterocycles. The third-order valence-corrected chi connectivity index (χ3v) is 6.48. The lowest BCUT2D eigenvalue weighted by Crippen LogP contribution is -2.40. The molecule has 0 radical (unpaired) electrons. The Labute approximate surface area is 164 Å². The standard InChI is InChI=1S/C20H23NO6S/c1-15-4-3-5-19(16(15)2)26-14-20(22)27-17-6-8-18(9-7-17)28(23,24)21-10-12-25-13-11-21/h3-9H,10-14H2,1-2H3. The van der Waals surface area contributed by atoms with E-state index in [-0.39, 0.29) is 17.3 Å². The summed E-state index contributed by atoms with van der Waals surface area (Å²) in [5, 5.41) is 0. The first-order chi connectivity index (χ1) is 13.4. The molecule has 150 valence electrons. The topological polar surface area (TPSA) is 82.1 Å². The van der Waals surface area contributed by atoms with Crippen molar-refractivity contribution in [1.29, 1.82) is 0 Å². The summed E-state index contributed by atoms with van der Waals surface area (Å²) in [6, 6.07) is 11.4. The minimum atomic E-state index is -3.57. The summed E-state index contributed by atoms with van der Waals surface area (Å²) in [6.07, 6.45) is 0. The van der Waals surface area contributed by atoms with Gasteiger partial charge in [0.05, 0.1) is 18.1 Å². The fraction of sp³-hybridized carbons (Fsp3) is 0.350. The first-order valence-electron chi connectivity index (χ1n) is 8.95. The van der Waals surface area contributed by atoms with E-state index in [4.69, 9.17) is 14.2 Å². The SMILES string of the molecule is Cc1cccc(OCC(=O)Oc2ccc(S(=O)(=O)N3CCOCC3)cc2)c1C. The highest BCUT2D eigenvalue weighted by molar-refractivity contribution is 7.89. The summed E-state index contributed by atoms with van der Waals surface area (Å²) >= 11 is 0. The highest BCUT2D eigenvalue weighted by Crippen LogP contribution is 2.22. The van der Waals surface area contributed by atoms with Gasteiger partial charge >= 0.3 is 5.97 Å². The van der Waals surface area contributed by atoms with Crippen molar-refractivity contribution in [2.75, 3.05) is 32.9 Å². The first-order valence-corrected chi connectivity index (χ1v) is 10.4. The number of rotatable bonds is 6. The fourth-order valence-electron chi connectivity index (χ4n) is 2.79. The average molecular weight is 405 g/mol. The Bertz CT molecular complexity index is 934. The molecule has 8 heteroatoms. The van der Waals surface area contributed by atoms with Crippen LogP contribution in [-0.4, -0.2) is 51.6 Å². The number of aryl methyl sites for hydroxylation is 1. The summed E-state index contributed by atoms with van der Waals surface area (Å²) < 4.78 is 42.5. The second kappa shape index (κ2) is 8.72. The summed E-state index contributed by atoms with van der Waals surface area (Å²) in [5.74, 6) is 0.323. The Morgan fingerprint density at radius 3 is 2.43 bits per heavy atom. The van der Waals surface area contributed by atoms with E-state index in [1.807, 2.05) is 26.0 Å². The van der Waals surface area contributed by atoms with E-state index in [0.717, 1.165) is 11.1 Å². The van der Waals surface area contributed by atoms with Crippen LogP contribution >= 0.6 is 0 Å². The van der Waals surface area contributed by atoms with Crippen molar-refractivity contribution in [3.05, 3.63) is 53.6 Å². The third-order valence-electron chi connectivity index (χ3n) is 4.56. The molecule has 1 fully saturated rings. The quantitative estimate of drug-likeness (QED) is 0.542. The van der Waals surface area contributed by atoms with E-state index in [0.29, 0.717) is 32.1 Å². The summed E-state index contributed by atoms with van der Waals surface area (Å²) in [4.78, 5) is 12.2. The highest BCUT2D eigenvalue weighted by atomic mass is 32.2. The maximum absolute atomic E-state index is 12.6. The second-order valence-electron chi connectivity index (χ2n) is 6.45. The largest absolute Gasteiger partial charge is 0.482 e. The van der Waals surface area contributed by atoms with Crippen LogP contribution in [-0.2, 0) is 19.6 Å². The van der Waals surface area contributed by atoms with Crippen LogP contribution in [0.25, 0.3) is 0 Å². The third kappa shape index (κ3) is 4.70. The summed E-state index contributed by atoms with van der Waals surface area (Å²) in [6.45, 7) is 5.07. The van der Waals surface area contributed by atoms with E-state index in [1.165, 1.54) is 28.6 Å². The van der Waals surface area contributed by atoms with Crippen molar-refractivity contribution in [3.8, 4) is 11.5 Å². The van der Waals surface area contributed by atoms with Gasteiger partial charge in [-0.25, -0.2) is 13.2 Å². The monoisotopic (exact) mass is 405 g/mol. The van der Waals surface area contributed by atoms with Crippen LogP contribution in [0.4, 0.5) is 0 Å². The molecule has 0 aromatic heterocycles. The van der Waals surface area contributed by atoms with Gasteiger partial charge in [-0.15, -0.1) is 0 Å². The van der Waals surface area contributed by atoms with Crippen molar-refractivity contribution < 1.29 is 27.4 Å². The second-order valence-corrected chi connectivity index (χ2v) is 8.39. The van der Waals surface area contributed by atoms with Gasteiger partial charge in [-0.05, 0) is 55.3 Å². The van der Waals surface area contributed by atoms with Gasteiger partial charge in [-0.2, -0.15) is 4.31 Å². The molecule has 1 aliphatic heterocycles. The number of esters is 1. The van der Waals surface area contributed by atoms with E-state index >= 15 is 0 Å². The summed E-state index contributed by atoms with van der Waals surface area (Å²) in [5.41, 5.74) is 2.04. The lowest BCUT2D eigenvalue weighted by atomic mass is 10.1. The molecule has 7 nitrogen and oxygen atoms in total. The van der Waals surface area contributed by atoms with Crippen LogP contribution < -0.4 is 9.47 Å². The fourth-order valence-corrected chi connectivity index (χ4v) is 4.20. The first kappa shape index (κ1) is 20.3. The minimum Gasteiger partial charge on any atom is -0.482 e. The molecule has 1 aliphatic rings. The van der Waals surface area contributed by atoms with Gasteiger partial charge < -0.3 is 14.2 Å². The molecule has 0 amide bonds. The molecule has 2 aromatic rings. The van der Waals surface area contributed by atoms with Crippen molar-refractivity contribution in [2.24, 2.45) is 0 Å². The predicted octanol–water partition coefficient (Wildman–Crippen LogP) is 2.31. The van der Waals surface area contributed by atoms with Crippen molar-refractivity contribution >= 4 is 16.0 Å². The Balaban J connectivity index is 1.59. The number of nitrogens with zero attached hydrogens (tertiary/aromatic N) is 1. The number of carbonyl (C=O) groups excluding carboxylic acids is 1. The Kier molecular flexibility index (Phi) is 6.33. The van der Waals surface area contributed by atoms with Crippen molar-refractivity contribution in [2.45, 2.75) is 18.7 Å². The van der Waals surface area contributed by atoms with E-state index in [1.54, 1.807) is 6.07 Å². The molecule has 2 aromatic carbocycles. The molecule has 0 saturated carbocycles. The van der Waals surface area contributed by atoms with Crippen LogP contribution in [0.5, 0.6) is 11.5 Å². The van der Waals surface area contributed by atoms with Crippen LogP contribution in [0.15, 0.2) is 47.4 Å². The molecule has 0 spiro atoms. The molecule has 0 atom stereocenters. The van der Waals surface area contributed by atoms with Gasteiger partial charge in [0.1, 0.15) is 11.5 Å². The zero-order valence-electron chi connectivity index (χ0n) is 15.9. The van der Waals surface area contributed by atoms with Gasteiger partial charge in [0.25, 0.3) is 0 Å². The molecular formula is C20H23NO6S. The van der Waals surface area contributed by atoms with Gasteiger partial charge in [0.2, 0.25) is 10.0 Å². The maximum atomic E-state index is 12.6. The lowest BCUT2D eigenvalue weighted by molar-refractivity contribution is -0.136. The smallest absolute Gasteiger partial charge is 0.349 e. The number of hydrogen-bond acceptors (Lipinski definition) is 6. The van der Waals surface area contributed by atoms with Crippen LogP contribution in [0.3, 0.4) is 0 Å². The van der Waals surface area contributed by atoms with Crippen LogP contribution in [0, 0.1) is 13.8 Å². The minimum absolute atomic E-state index is 0.154. The van der Waals surface area contributed by atoms with E-state index in [9.17, 15) is 13.2 Å². The van der Waals surface area contributed by atoms with Gasteiger partial charge in [-0.1, -0.05) is 12.1 Å². The van der Waals surface area contributed by atoms with Crippen LogP contribution in [0.2, 0.25) is 0 Å². The molecule has 0 N–H and O–H groups in total. The normalized spacial score (nSPS) is 15.2. The predicted molar refractivity (Wildman–Crippen MR) is 103 cm³/mol. The molecule has 28 heavy (non-hydrogen) atoms. The van der Waals surface area contributed by atoms with Gasteiger partial charge in [-0.3, -0.25) is 0 Å². The lowest BCUT2D eigenvalue weighted by Gasteiger charge is -2.26. The molecule has 0 unspecified atom stereocenters. The van der Waals surface area contributed by atoms with Crippen molar-refractivity contribution in [1.82, 2.24) is 4.31 Å². The van der Waals surface area contributed by atoms with Gasteiger partial charge in [0.15, 0.2) is 6.61 Å². The molecule has 3 rings (SSSR count). The zero-order chi connectivity index (χ0) is 20.1. The Morgan fingerprint density at radius 2 is 1.75 bits per heavy atom. The number of carbonyl (C=O) groups is 1. The van der Waals surface area contributed by atoms with E-state index in [2.05, 4.69) is 0 Å². The average Bonchev–Trinajstić information content (AvgIpc) is 2.70. The van der Waals surface area contributed by atoms with Crippen molar-refractivity contribution in [3.63, 3.8) is 0 Å². The zero-order valence-corrected chi connectivity index (χ0v) is 16.7. The highest BCUT2D eigenvalue weighted by Gasteiger charge is 2.26. The maximum Gasteiger partial charge on any atom is 0.349 e. The molecule has 0 aliphatic carbocycles. The van der Waals surface area contributed by atoms with Gasteiger partial charge in [0, 0.05) is 13.1 Å². The molecular weight excluding hydrogens is 382 g/mol. The van der Waals surface area contributed by atoms with E-state index < -0.39 is 16.0 Å². The number of benzene rings is 2. The Morgan fingerprint density at radius 1 is 1.07 bits per heavy atom. The number of ether oxygens (including phenoxy) is 3. The molecule has 0 bridgehead atoms. The number of morpholine rings is 1. The Hall–Kier alpha value is -2.42. The molecule has 1 heterocycles. The van der Waals surface area contributed by atoms with Crippen LogP contribution in [0.1, 0.15) is 11.1 Å². The number of sulfonamides is 1.